The molecule has 0 aliphatic heterocycles. The fraction of sp³-hybridized carbons (Fsp3) is 0.100. The van der Waals surface area contributed by atoms with Crippen LogP contribution in [-0.2, 0) is 17.8 Å². The van der Waals surface area contributed by atoms with E-state index in [9.17, 15) is 14.9 Å². The summed E-state index contributed by atoms with van der Waals surface area (Å²) in [4.78, 5) is 27.2. The van der Waals surface area contributed by atoms with Crippen molar-refractivity contribution in [3.05, 3.63) is 131 Å². The number of esters is 1. The number of amides is 1. The number of rotatable bonds is 8. The number of nitrogens with zero attached hydrogens (tertiary/aromatic N) is 2. The molecule has 0 heterocycles. The molecule has 4 aromatic rings. The second-order valence-electron chi connectivity index (χ2n) is 8.07. The lowest BCUT2D eigenvalue weighted by Crippen LogP contribution is -2.30. The Morgan fingerprint density at radius 3 is 1.97 bits per heavy atom. The topological polar surface area (TPSA) is 79.6 Å². The standard InChI is InChI=1S/C30H24N2O4/c1-35-30(34)28-17-14-24(18-25(28)19-31)29(33)32(20-22-8-4-2-5-9-22)21-23-12-15-27(16-13-23)36-26-10-6-3-7-11-26/h2-18H,20-21H2,1H3. The van der Waals surface area contributed by atoms with E-state index in [4.69, 9.17) is 9.47 Å². The monoisotopic (exact) mass is 476 g/mol. The molecule has 0 radical (unpaired) electrons. The molecule has 6 nitrogen and oxygen atoms in total. The second-order valence-corrected chi connectivity index (χ2v) is 8.07. The minimum Gasteiger partial charge on any atom is -0.465 e. The summed E-state index contributed by atoms with van der Waals surface area (Å²) >= 11 is 0. The lowest BCUT2D eigenvalue weighted by atomic mass is 10.0. The molecule has 0 unspecified atom stereocenters. The smallest absolute Gasteiger partial charge is 0.339 e. The number of benzene rings is 4. The Morgan fingerprint density at radius 1 is 0.778 bits per heavy atom. The van der Waals surface area contributed by atoms with Crippen molar-refractivity contribution in [2.24, 2.45) is 0 Å². The van der Waals surface area contributed by atoms with E-state index >= 15 is 0 Å². The molecular weight excluding hydrogens is 452 g/mol. The number of hydrogen-bond donors (Lipinski definition) is 0. The van der Waals surface area contributed by atoms with Crippen molar-refractivity contribution in [3.63, 3.8) is 0 Å². The van der Waals surface area contributed by atoms with E-state index in [0.29, 0.717) is 24.4 Å². The molecule has 178 valence electrons. The third-order valence-corrected chi connectivity index (χ3v) is 5.57. The maximum atomic E-state index is 13.6. The molecule has 0 fully saturated rings. The molecule has 0 N–H and O–H groups in total. The van der Waals surface area contributed by atoms with Crippen molar-refractivity contribution in [2.75, 3.05) is 7.11 Å². The van der Waals surface area contributed by atoms with E-state index in [2.05, 4.69) is 0 Å². The molecule has 0 bridgehead atoms. The summed E-state index contributed by atoms with van der Waals surface area (Å²) < 4.78 is 10.6. The summed E-state index contributed by atoms with van der Waals surface area (Å²) in [5.74, 6) is 0.568. The number of para-hydroxylation sites is 1. The van der Waals surface area contributed by atoms with E-state index < -0.39 is 5.97 Å². The number of carbonyl (C=O) groups excluding carboxylic acids is 2. The highest BCUT2D eigenvalue weighted by molar-refractivity contribution is 5.98. The SMILES string of the molecule is COC(=O)c1ccc(C(=O)N(Cc2ccccc2)Cc2ccc(Oc3ccccc3)cc2)cc1C#N. The van der Waals surface area contributed by atoms with Gasteiger partial charge in [-0.25, -0.2) is 4.79 Å². The largest absolute Gasteiger partial charge is 0.465 e. The minimum atomic E-state index is -0.621. The van der Waals surface area contributed by atoms with Gasteiger partial charge < -0.3 is 14.4 Å². The summed E-state index contributed by atoms with van der Waals surface area (Å²) in [6.45, 7) is 0.725. The van der Waals surface area contributed by atoms with Crippen LogP contribution in [0.1, 0.15) is 37.4 Å². The van der Waals surface area contributed by atoms with Gasteiger partial charge in [-0.2, -0.15) is 5.26 Å². The van der Waals surface area contributed by atoms with E-state index in [-0.39, 0.29) is 17.0 Å². The fourth-order valence-corrected chi connectivity index (χ4v) is 3.75. The number of methoxy groups -OCH3 is 1. The Morgan fingerprint density at radius 2 is 1.36 bits per heavy atom. The zero-order chi connectivity index (χ0) is 25.3. The Kier molecular flexibility index (Phi) is 7.74. The third kappa shape index (κ3) is 5.96. The van der Waals surface area contributed by atoms with Crippen molar-refractivity contribution in [3.8, 4) is 17.6 Å². The number of ether oxygens (including phenoxy) is 2. The van der Waals surface area contributed by atoms with Crippen LogP contribution in [0.4, 0.5) is 0 Å². The molecule has 1 amide bonds. The highest BCUT2D eigenvalue weighted by Crippen LogP contribution is 2.23. The highest BCUT2D eigenvalue weighted by atomic mass is 16.5. The Bertz CT molecular complexity index is 1380. The van der Waals surface area contributed by atoms with Crippen LogP contribution in [0.5, 0.6) is 11.5 Å². The highest BCUT2D eigenvalue weighted by Gasteiger charge is 2.20. The first kappa shape index (κ1) is 24.2. The zero-order valence-electron chi connectivity index (χ0n) is 19.8. The van der Waals surface area contributed by atoms with Crippen molar-refractivity contribution < 1.29 is 19.1 Å². The van der Waals surface area contributed by atoms with Crippen molar-refractivity contribution >= 4 is 11.9 Å². The first-order valence-corrected chi connectivity index (χ1v) is 11.3. The van der Waals surface area contributed by atoms with E-state index in [1.54, 1.807) is 11.0 Å². The van der Waals surface area contributed by atoms with Crippen molar-refractivity contribution in [1.82, 2.24) is 4.90 Å². The summed E-state index contributed by atoms with van der Waals surface area (Å²) in [6.07, 6.45) is 0. The van der Waals surface area contributed by atoms with Crippen LogP contribution in [0.3, 0.4) is 0 Å². The lowest BCUT2D eigenvalue weighted by molar-refractivity contribution is 0.0599. The lowest BCUT2D eigenvalue weighted by Gasteiger charge is -2.24. The van der Waals surface area contributed by atoms with Crippen LogP contribution in [0.25, 0.3) is 0 Å². The van der Waals surface area contributed by atoms with Crippen LogP contribution in [-0.4, -0.2) is 23.9 Å². The molecule has 0 saturated carbocycles. The Labute approximate surface area is 209 Å². The number of hydrogen-bond acceptors (Lipinski definition) is 5. The maximum Gasteiger partial charge on any atom is 0.339 e. The summed E-state index contributed by atoms with van der Waals surface area (Å²) in [5, 5.41) is 9.52. The molecule has 36 heavy (non-hydrogen) atoms. The van der Waals surface area contributed by atoms with E-state index in [1.165, 1.54) is 19.2 Å². The van der Waals surface area contributed by atoms with Crippen molar-refractivity contribution in [1.29, 1.82) is 5.26 Å². The quantitative estimate of drug-likeness (QED) is 0.292. The first-order chi connectivity index (χ1) is 17.6. The van der Waals surface area contributed by atoms with Crippen molar-refractivity contribution in [2.45, 2.75) is 13.1 Å². The average Bonchev–Trinajstić information content (AvgIpc) is 2.93. The predicted molar refractivity (Wildman–Crippen MR) is 135 cm³/mol. The predicted octanol–water partition coefficient (Wildman–Crippen LogP) is 5.98. The van der Waals surface area contributed by atoms with E-state index in [0.717, 1.165) is 16.9 Å². The Balaban J connectivity index is 1.58. The molecular formula is C30H24N2O4. The van der Waals surface area contributed by atoms with Gasteiger partial charge in [0.15, 0.2) is 0 Å². The van der Waals surface area contributed by atoms with Gasteiger partial charge >= 0.3 is 5.97 Å². The van der Waals surface area contributed by atoms with Crippen LogP contribution >= 0.6 is 0 Å². The van der Waals surface area contributed by atoms with Gasteiger partial charge in [0.2, 0.25) is 0 Å². The van der Waals surface area contributed by atoms with Crippen LogP contribution in [0, 0.1) is 11.3 Å². The summed E-state index contributed by atoms with van der Waals surface area (Å²) in [7, 11) is 1.25. The van der Waals surface area contributed by atoms with Gasteiger partial charge in [0.05, 0.1) is 18.2 Å². The average molecular weight is 477 g/mol. The van der Waals surface area contributed by atoms with Gasteiger partial charge in [0.1, 0.15) is 17.6 Å². The molecule has 4 rings (SSSR count). The number of carbonyl (C=O) groups is 2. The summed E-state index contributed by atoms with van der Waals surface area (Å²) in [6, 6.07) is 33.2. The van der Waals surface area contributed by atoms with Gasteiger partial charge in [-0.1, -0.05) is 60.7 Å². The normalized spacial score (nSPS) is 10.2. The van der Waals surface area contributed by atoms with Crippen LogP contribution in [0.2, 0.25) is 0 Å². The van der Waals surface area contributed by atoms with Crippen LogP contribution in [0.15, 0.2) is 103 Å². The molecule has 0 aliphatic rings. The molecule has 6 heteroatoms. The third-order valence-electron chi connectivity index (χ3n) is 5.57. The molecule has 0 spiro atoms. The molecule has 0 atom stereocenters. The van der Waals surface area contributed by atoms with Gasteiger partial charge in [-0.15, -0.1) is 0 Å². The minimum absolute atomic E-state index is 0.0924. The zero-order valence-corrected chi connectivity index (χ0v) is 19.8. The first-order valence-electron chi connectivity index (χ1n) is 11.3. The van der Waals surface area contributed by atoms with Gasteiger partial charge in [-0.05, 0) is 53.6 Å². The maximum absolute atomic E-state index is 13.6. The van der Waals surface area contributed by atoms with Gasteiger partial charge in [0.25, 0.3) is 5.91 Å². The Hall–Kier alpha value is -4.89. The van der Waals surface area contributed by atoms with Gasteiger partial charge in [-0.3, -0.25) is 4.79 Å². The van der Waals surface area contributed by atoms with E-state index in [1.807, 2.05) is 91.0 Å². The summed E-state index contributed by atoms with van der Waals surface area (Å²) in [5.41, 5.74) is 2.43. The van der Waals surface area contributed by atoms with Crippen LogP contribution < -0.4 is 4.74 Å². The fourth-order valence-electron chi connectivity index (χ4n) is 3.75. The molecule has 0 aromatic heterocycles. The van der Waals surface area contributed by atoms with Gasteiger partial charge in [0, 0.05) is 18.7 Å². The second kappa shape index (κ2) is 11.5. The number of nitriles is 1. The molecule has 0 saturated heterocycles. The molecule has 0 aliphatic carbocycles. The molecule has 4 aromatic carbocycles.